The van der Waals surface area contributed by atoms with Gasteiger partial charge in [-0.1, -0.05) is 0 Å². The van der Waals surface area contributed by atoms with Gasteiger partial charge in [0.15, 0.2) is 5.82 Å². The van der Waals surface area contributed by atoms with Crippen LogP contribution in [0.1, 0.15) is 11.1 Å². The lowest BCUT2D eigenvalue weighted by molar-refractivity contribution is 0.269. The van der Waals surface area contributed by atoms with E-state index in [4.69, 9.17) is 5.11 Å². The monoisotopic (exact) mass is 377 g/mol. The van der Waals surface area contributed by atoms with E-state index < -0.39 is 5.82 Å². The van der Waals surface area contributed by atoms with Crippen molar-refractivity contribution in [3.63, 3.8) is 0 Å². The minimum absolute atomic E-state index is 0.00921. The molecular weight excluding hydrogens is 361 g/mol. The van der Waals surface area contributed by atoms with Crippen LogP contribution in [0.2, 0.25) is 0 Å². The summed E-state index contributed by atoms with van der Waals surface area (Å²) in [4.78, 5) is 4.35. The molecule has 4 aromatic rings. The molecule has 9 heteroatoms. The van der Waals surface area contributed by atoms with Crippen LogP contribution in [0.5, 0.6) is 0 Å². The summed E-state index contributed by atoms with van der Waals surface area (Å²) in [6, 6.07) is 9.76. The number of nitrogens with zero attached hydrogens (tertiary/aromatic N) is 6. The Balaban J connectivity index is 1.63. The van der Waals surface area contributed by atoms with Gasteiger partial charge >= 0.3 is 0 Å². The van der Waals surface area contributed by atoms with Crippen LogP contribution in [0, 0.1) is 17.1 Å². The lowest BCUT2D eigenvalue weighted by atomic mass is 10.1. The molecule has 0 unspecified atom stereocenters. The van der Waals surface area contributed by atoms with Crippen LogP contribution in [-0.4, -0.2) is 36.3 Å². The minimum atomic E-state index is -0.395. The number of aromatic nitrogens is 5. The largest absolute Gasteiger partial charge is 0.394 e. The number of benzene rings is 1. The fourth-order valence-corrected chi connectivity index (χ4v) is 2.92. The van der Waals surface area contributed by atoms with Crippen molar-refractivity contribution in [1.29, 1.82) is 5.26 Å². The Morgan fingerprint density at radius 1 is 1.18 bits per heavy atom. The van der Waals surface area contributed by atoms with Crippen molar-refractivity contribution in [1.82, 2.24) is 24.5 Å². The fourth-order valence-electron chi connectivity index (χ4n) is 2.92. The quantitative estimate of drug-likeness (QED) is 0.535. The molecular formula is C19H16FN7O. The van der Waals surface area contributed by atoms with Crippen LogP contribution in [-0.2, 0) is 13.1 Å². The van der Waals surface area contributed by atoms with Crippen LogP contribution in [0.4, 0.5) is 16.0 Å². The third-order valence-corrected chi connectivity index (χ3v) is 4.26. The minimum Gasteiger partial charge on any atom is -0.394 e. The number of hydrogen-bond donors (Lipinski definition) is 2. The highest BCUT2D eigenvalue weighted by Crippen LogP contribution is 2.21. The topological polar surface area (TPSA) is 105 Å². The lowest BCUT2D eigenvalue weighted by Gasteiger charge is -2.07. The first kappa shape index (κ1) is 17.6. The van der Waals surface area contributed by atoms with Gasteiger partial charge in [-0.25, -0.2) is 9.37 Å². The Bertz CT molecular complexity index is 1170. The Kier molecular flexibility index (Phi) is 4.70. The number of pyridine rings is 1. The molecule has 0 aliphatic rings. The molecule has 0 bridgehead atoms. The van der Waals surface area contributed by atoms with E-state index in [0.717, 1.165) is 10.9 Å². The maximum absolute atomic E-state index is 13.6. The van der Waals surface area contributed by atoms with Crippen molar-refractivity contribution in [2.24, 2.45) is 0 Å². The van der Waals surface area contributed by atoms with Crippen molar-refractivity contribution < 1.29 is 9.50 Å². The van der Waals surface area contributed by atoms with E-state index in [2.05, 4.69) is 26.6 Å². The zero-order valence-electron chi connectivity index (χ0n) is 14.7. The van der Waals surface area contributed by atoms with E-state index in [1.807, 2.05) is 6.07 Å². The number of nitriles is 1. The molecule has 0 radical (unpaired) electrons. The SMILES string of the molecule is N#Cc1ccc(F)cc1Cn1ncc2cnc(Nc3ccn(CCO)n3)cc21. The number of hydrogen-bond acceptors (Lipinski definition) is 6. The zero-order valence-corrected chi connectivity index (χ0v) is 14.7. The maximum atomic E-state index is 13.6. The molecule has 0 aliphatic carbocycles. The van der Waals surface area contributed by atoms with Gasteiger partial charge in [-0.15, -0.1) is 0 Å². The van der Waals surface area contributed by atoms with Crippen molar-refractivity contribution in [2.45, 2.75) is 13.1 Å². The molecule has 2 N–H and O–H groups in total. The molecule has 0 saturated heterocycles. The van der Waals surface area contributed by atoms with Crippen LogP contribution < -0.4 is 5.32 Å². The van der Waals surface area contributed by atoms with Gasteiger partial charge in [0.1, 0.15) is 11.6 Å². The molecule has 1 aromatic carbocycles. The van der Waals surface area contributed by atoms with Crippen molar-refractivity contribution >= 4 is 22.5 Å². The van der Waals surface area contributed by atoms with Gasteiger partial charge in [0.25, 0.3) is 0 Å². The van der Waals surface area contributed by atoms with E-state index in [9.17, 15) is 9.65 Å². The smallest absolute Gasteiger partial charge is 0.153 e. The molecule has 0 aliphatic heterocycles. The average Bonchev–Trinajstić information content (AvgIpc) is 3.29. The molecule has 0 fully saturated rings. The second kappa shape index (κ2) is 7.46. The lowest BCUT2D eigenvalue weighted by Crippen LogP contribution is -2.05. The second-order valence-corrected chi connectivity index (χ2v) is 6.16. The summed E-state index contributed by atoms with van der Waals surface area (Å²) < 4.78 is 16.9. The van der Waals surface area contributed by atoms with Gasteiger partial charge in [-0.3, -0.25) is 9.36 Å². The summed E-state index contributed by atoms with van der Waals surface area (Å²) in [6.07, 6.45) is 5.12. The van der Waals surface area contributed by atoms with Gasteiger partial charge in [0.05, 0.1) is 43.0 Å². The molecule has 4 rings (SSSR count). The molecule has 0 amide bonds. The molecule has 0 atom stereocenters. The van der Waals surface area contributed by atoms with E-state index in [-0.39, 0.29) is 13.2 Å². The van der Waals surface area contributed by atoms with Gasteiger partial charge in [0.2, 0.25) is 0 Å². The Labute approximate surface area is 159 Å². The first-order valence-electron chi connectivity index (χ1n) is 8.57. The first-order chi connectivity index (χ1) is 13.7. The number of aliphatic hydroxyl groups is 1. The van der Waals surface area contributed by atoms with Gasteiger partial charge in [-0.2, -0.15) is 15.5 Å². The van der Waals surface area contributed by atoms with Crippen LogP contribution in [0.25, 0.3) is 10.9 Å². The summed E-state index contributed by atoms with van der Waals surface area (Å²) in [5.41, 5.74) is 1.76. The highest BCUT2D eigenvalue weighted by Gasteiger charge is 2.10. The van der Waals surface area contributed by atoms with Crippen LogP contribution >= 0.6 is 0 Å². The predicted molar refractivity (Wildman–Crippen MR) is 100 cm³/mol. The third kappa shape index (κ3) is 3.54. The first-order valence-corrected chi connectivity index (χ1v) is 8.57. The van der Waals surface area contributed by atoms with Crippen LogP contribution in [0.3, 0.4) is 0 Å². The number of fused-ring (bicyclic) bond motifs is 1. The Morgan fingerprint density at radius 3 is 2.89 bits per heavy atom. The second-order valence-electron chi connectivity index (χ2n) is 6.16. The van der Waals surface area contributed by atoms with E-state index >= 15 is 0 Å². The molecule has 3 aromatic heterocycles. The number of rotatable bonds is 6. The zero-order chi connectivity index (χ0) is 19.5. The highest BCUT2D eigenvalue weighted by atomic mass is 19.1. The number of aliphatic hydroxyl groups excluding tert-OH is 1. The predicted octanol–water partition coefficient (Wildman–Crippen LogP) is 2.42. The highest BCUT2D eigenvalue weighted by molar-refractivity contribution is 5.81. The third-order valence-electron chi connectivity index (χ3n) is 4.26. The van der Waals surface area contributed by atoms with E-state index in [1.54, 1.807) is 34.0 Å². The fraction of sp³-hybridized carbons (Fsp3) is 0.158. The average molecular weight is 377 g/mol. The molecule has 0 spiro atoms. The molecule has 8 nitrogen and oxygen atoms in total. The number of halogens is 1. The number of anilines is 2. The van der Waals surface area contributed by atoms with Gasteiger partial charge < -0.3 is 10.4 Å². The maximum Gasteiger partial charge on any atom is 0.153 e. The summed E-state index contributed by atoms with van der Waals surface area (Å²) in [6.45, 7) is 0.684. The summed E-state index contributed by atoms with van der Waals surface area (Å²) in [5.74, 6) is 0.777. The summed E-state index contributed by atoms with van der Waals surface area (Å²) in [7, 11) is 0. The van der Waals surface area contributed by atoms with Crippen molar-refractivity contribution in [3.05, 3.63) is 65.9 Å². The van der Waals surface area contributed by atoms with Crippen molar-refractivity contribution in [2.75, 3.05) is 11.9 Å². The molecule has 0 saturated carbocycles. The van der Waals surface area contributed by atoms with Gasteiger partial charge in [0, 0.05) is 29.9 Å². The molecule has 3 heterocycles. The summed E-state index contributed by atoms with van der Waals surface area (Å²) in [5, 5.41) is 30.8. The van der Waals surface area contributed by atoms with E-state index in [0.29, 0.717) is 29.3 Å². The normalized spacial score (nSPS) is 10.9. The van der Waals surface area contributed by atoms with E-state index in [1.165, 1.54) is 18.2 Å². The Hall–Kier alpha value is -3.77. The molecule has 28 heavy (non-hydrogen) atoms. The van der Waals surface area contributed by atoms with Crippen molar-refractivity contribution in [3.8, 4) is 6.07 Å². The van der Waals surface area contributed by atoms with Crippen LogP contribution in [0.15, 0.2) is 48.9 Å². The van der Waals surface area contributed by atoms with Gasteiger partial charge in [-0.05, 0) is 23.8 Å². The standard InChI is InChI=1S/C19H16FN7O/c20-16-2-1-13(9-21)14(7-16)12-27-17-8-19(22-10-15(17)11-23-27)24-18-3-4-26(25-18)5-6-28/h1-4,7-8,10-11,28H,5-6,12H2,(H,22,24,25). The Morgan fingerprint density at radius 2 is 2.07 bits per heavy atom. The molecule has 140 valence electrons. The summed E-state index contributed by atoms with van der Waals surface area (Å²) >= 11 is 0. The number of nitrogens with one attached hydrogen (secondary N) is 1.